The topological polar surface area (TPSA) is 81.4 Å². The molecule has 1 aliphatic carbocycles. The molecule has 0 atom stereocenters. The number of amides is 2. The summed E-state index contributed by atoms with van der Waals surface area (Å²) in [6, 6.07) is 7.05. The van der Waals surface area contributed by atoms with Crippen molar-refractivity contribution in [2.45, 2.75) is 52.4 Å². The maximum absolute atomic E-state index is 12.7. The molecule has 3 rings (SSSR count). The number of nitrogens with one attached hydrogen (secondary N) is 1. The molecule has 28 heavy (non-hydrogen) atoms. The van der Waals surface area contributed by atoms with E-state index in [1.54, 1.807) is 24.3 Å². The highest BCUT2D eigenvalue weighted by atomic mass is 32.1. The van der Waals surface area contributed by atoms with E-state index in [2.05, 4.69) is 19.2 Å². The van der Waals surface area contributed by atoms with E-state index in [0.29, 0.717) is 28.7 Å². The van der Waals surface area contributed by atoms with E-state index in [9.17, 15) is 9.59 Å². The Morgan fingerprint density at radius 1 is 1.11 bits per heavy atom. The van der Waals surface area contributed by atoms with Gasteiger partial charge in [0.25, 0.3) is 11.8 Å². The van der Waals surface area contributed by atoms with Crippen LogP contribution >= 0.6 is 11.3 Å². The maximum atomic E-state index is 12.7. The number of anilines is 1. The Balaban J connectivity index is 1.78. The second-order valence-electron chi connectivity index (χ2n) is 7.67. The molecule has 0 saturated heterocycles. The maximum Gasteiger partial charge on any atom is 0.256 e. The molecule has 0 radical (unpaired) electrons. The summed E-state index contributed by atoms with van der Waals surface area (Å²) in [5.41, 5.74) is 7.71. The first-order chi connectivity index (χ1) is 13.5. The molecule has 150 valence electrons. The minimum atomic E-state index is -0.467. The van der Waals surface area contributed by atoms with Gasteiger partial charge < -0.3 is 15.8 Å². The molecular formula is C22H28N2O3S. The molecule has 1 aromatic carbocycles. The molecule has 6 heteroatoms. The minimum absolute atomic E-state index is 0.243. The fourth-order valence-corrected chi connectivity index (χ4v) is 4.70. The number of rotatable bonds is 6. The fraction of sp³-hybridized carbons (Fsp3) is 0.455. The lowest BCUT2D eigenvalue weighted by molar-refractivity contribution is 0.100. The van der Waals surface area contributed by atoms with Crippen molar-refractivity contribution >= 4 is 28.2 Å². The van der Waals surface area contributed by atoms with Gasteiger partial charge in [-0.1, -0.05) is 26.7 Å². The number of benzene rings is 1. The number of carbonyl (C=O) groups is 2. The Kier molecular flexibility index (Phi) is 6.73. The SMILES string of the molecule is CC(C)COc1ccc(C(=O)Nc2sc3c(c2C(N)=O)CCCCCC3)cc1. The average Bonchev–Trinajstić information content (AvgIpc) is 2.96. The highest BCUT2D eigenvalue weighted by Gasteiger charge is 2.24. The largest absolute Gasteiger partial charge is 0.493 e. The molecule has 1 heterocycles. The van der Waals surface area contributed by atoms with Crippen LogP contribution in [-0.4, -0.2) is 18.4 Å². The predicted molar refractivity (Wildman–Crippen MR) is 113 cm³/mol. The van der Waals surface area contributed by atoms with Crippen molar-refractivity contribution in [3.05, 3.63) is 45.8 Å². The summed E-state index contributed by atoms with van der Waals surface area (Å²) in [6.07, 6.45) is 6.32. The highest BCUT2D eigenvalue weighted by Crippen LogP contribution is 2.37. The zero-order valence-electron chi connectivity index (χ0n) is 16.5. The van der Waals surface area contributed by atoms with Gasteiger partial charge in [0.1, 0.15) is 10.8 Å². The Morgan fingerprint density at radius 2 is 1.79 bits per heavy atom. The second kappa shape index (κ2) is 9.24. The van der Waals surface area contributed by atoms with E-state index in [1.165, 1.54) is 29.1 Å². The molecular weight excluding hydrogens is 372 g/mol. The van der Waals surface area contributed by atoms with Crippen LogP contribution in [0.25, 0.3) is 0 Å². The van der Waals surface area contributed by atoms with Gasteiger partial charge in [0.05, 0.1) is 12.2 Å². The van der Waals surface area contributed by atoms with E-state index in [0.717, 1.165) is 37.0 Å². The second-order valence-corrected chi connectivity index (χ2v) is 8.77. The molecule has 2 aromatic rings. The van der Waals surface area contributed by atoms with Crippen LogP contribution in [0.4, 0.5) is 5.00 Å². The van der Waals surface area contributed by atoms with Crippen LogP contribution in [0.5, 0.6) is 5.75 Å². The van der Waals surface area contributed by atoms with Gasteiger partial charge in [0, 0.05) is 10.4 Å². The smallest absolute Gasteiger partial charge is 0.256 e. The number of nitrogens with two attached hydrogens (primary N) is 1. The quantitative estimate of drug-likeness (QED) is 0.731. The molecule has 2 amide bonds. The monoisotopic (exact) mass is 400 g/mol. The van der Waals surface area contributed by atoms with Crippen molar-refractivity contribution in [2.75, 3.05) is 11.9 Å². The van der Waals surface area contributed by atoms with Crippen molar-refractivity contribution in [2.24, 2.45) is 11.7 Å². The number of aryl methyl sites for hydroxylation is 1. The van der Waals surface area contributed by atoms with E-state index < -0.39 is 5.91 Å². The van der Waals surface area contributed by atoms with Crippen molar-refractivity contribution < 1.29 is 14.3 Å². The molecule has 5 nitrogen and oxygen atoms in total. The minimum Gasteiger partial charge on any atom is -0.493 e. The van der Waals surface area contributed by atoms with E-state index in [-0.39, 0.29) is 5.91 Å². The van der Waals surface area contributed by atoms with Crippen molar-refractivity contribution in [1.29, 1.82) is 0 Å². The van der Waals surface area contributed by atoms with Crippen LogP contribution in [0, 0.1) is 5.92 Å². The van der Waals surface area contributed by atoms with Gasteiger partial charge in [-0.05, 0) is 61.4 Å². The lowest BCUT2D eigenvalue weighted by Gasteiger charge is -2.10. The summed E-state index contributed by atoms with van der Waals surface area (Å²) in [4.78, 5) is 26.0. The summed E-state index contributed by atoms with van der Waals surface area (Å²) in [5, 5.41) is 3.49. The van der Waals surface area contributed by atoms with Gasteiger partial charge in [-0.2, -0.15) is 0 Å². The first-order valence-corrected chi connectivity index (χ1v) is 10.8. The van der Waals surface area contributed by atoms with E-state index in [1.807, 2.05) is 0 Å². The number of primary amides is 1. The van der Waals surface area contributed by atoms with Crippen molar-refractivity contribution in [1.82, 2.24) is 0 Å². The van der Waals surface area contributed by atoms with Gasteiger partial charge in [-0.25, -0.2) is 0 Å². The predicted octanol–water partition coefficient (Wildman–Crippen LogP) is 4.79. The van der Waals surface area contributed by atoms with Gasteiger partial charge >= 0.3 is 0 Å². The first-order valence-electron chi connectivity index (χ1n) is 9.94. The summed E-state index contributed by atoms with van der Waals surface area (Å²) in [5.74, 6) is 0.466. The number of ether oxygens (including phenoxy) is 1. The van der Waals surface area contributed by atoms with Gasteiger partial charge in [0.15, 0.2) is 0 Å². The van der Waals surface area contributed by atoms with Gasteiger partial charge in [-0.3, -0.25) is 9.59 Å². The van der Waals surface area contributed by atoms with Gasteiger partial charge in [0.2, 0.25) is 0 Å². The highest BCUT2D eigenvalue weighted by molar-refractivity contribution is 7.17. The molecule has 0 aliphatic heterocycles. The van der Waals surface area contributed by atoms with Crippen LogP contribution in [0.3, 0.4) is 0 Å². The van der Waals surface area contributed by atoms with E-state index >= 15 is 0 Å². The fourth-order valence-electron chi connectivity index (χ4n) is 3.41. The zero-order chi connectivity index (χ0) is 20.1. The average molecular weight is 401 g/mol. The molecule has 0 unspecified atom stereocenters. The number of carbonyl (C=O) groups excluding carboxylic acids is 2. The van der Waals surface area contributed by atoms with Gasteiger partial charge in [-0.15, -0.1) is 11.3 Å². The van der Waals surface area contributed by atoms with Crippen LogP contribution < -0.4 is 15.8 Å². The molecule has 1 aliphatic rings. The third-order valence-corrected chi connectivity index (χ3v) is 6.05. The number of hydrogen-bond donors (Lipinski definition) is 2. The molecule has 3 N–H and O–H groups in total. The summed E-state index contributed by atoms with van der Waals surface area (Å²) < 4.78 is 5.66. The van der Waals surface area contributed by atoms with E-state index in [4.69, 9.17) is 10.5 Å². The molecule has 1 aromatic heterocycles. The van der Waals surface area contributed by atoms with Crippen LogP contribution in [0.15, 0.2) is 24.3 Å². The summed E-state index contributed by atoms with van der Waals surface area (Å²) >= 11 is 1.49. The number of hydrogen-bond acceptors (Lipinski definition) is 4. The number of fused-ring (bicyclic) bond motifs is 1. The van der Waals surface area contributed by atoms with Crippen molar-refractivity contribution in [3.8, 4) is 5.75 Å². The third kappa shape index (κ3) is 4.93. The molecule has 0 saturated carbocycles. The third-order valence-electron chi connectivity index (χ3n) is 4.84. The lowest BCUT2D eigenvalue weighted by Crippen LogP contribution is -2.18. The molecule has 0 spiro atoms. The van der Waals surface area contributed by atoms with Crippen LogP contribution in [0.2, 0.25) is 0 Å². The Hall–Kier alpha value is -2.34. The number of thiophene rings is 1. The standard InChI is InChI=1S/C22H28N2O3S/c1-14(2)13-27-16-11-9-15(10-12-16)21(26)24-22-19(20(23)25)17-7-5-3-4-6-8-18(17)28-22/h9-12,14H,3-8,13H2,1-2H3,(H2,23,25)(H,24,26). The Morgan fingerprint density at radius 3 is 2.43 bits per heavy atom. The lowest BCUT2D eigenvalue weighted by atomic mass is 9.96. The Labute approximate surface area is 170 Å². The van der Waals surface area contributed by atoms with Crippen LogP contribution in [-0.2, 0) is 12.8 Å². The van der Waals surface area contributed by atoms with Crippen molar-refractivity contribution in [3.63, 3.8) is 0 Å². The Bertz CT molecular complexity index is 840. The molecule has 0 fully saturated rings. The zero-order valence-corrected chi connectivity index (χ0v) is 17.4. The summed E-state index contributed by atoms with van der Waals surface area (Å²) in [7, 11) is 0. The van der Waals surface area contributed by atoms with Crippen LogP contribution in [0.1, 0.15) is 70.7 Å². The first kappa shape index (κ1) is 20.4. The molecule has 0 bridgehead atoms. The summed E-state index contributed by atoms with van der Waals surface area (Å²) in [6.45, 7) is 4.81. The normalized spacial score (nSPS) is 14.1.